The Kier molecular flexibility index (Phi) is 7.20. The first-order valence-electron chi connectivity index (χ1n) is 11.4. The average Bonchev–Trinajstić information content (AvgIpc) is 3.27. The van der Waals surface area contributed by atoms with Crippen LogP contribution in [-0.4, -0.2) is 31.6 Å². The third-order valence-electron chi connectivity index (χ3n) is 7.13. The number of ether oxygens (including phenoxy) is 3. The fraction of sp³-hybridized carbons (Fsp3) is 0.708. The molecule has 0 N–H and O–H groups in total. The second-order valence-electron chi connectivity index (χ2n) is 8.98. The highest BCUT2D eigenvalue weighted by Crippen LogP contribution is 2.41. The van der Waals surface area contributed by atoms with Crippen LogP contribution in [0.5, 0.6) is 0 Å². The van der Waals surface area contributed by atoms with E-state index in [-0.39, 0.29) is 24.2 Å². The SMILES string of the molecule is O=C(OC1CCC([C@H]2CC[C@H](CCC3OCCO3)CC2)CC1)c1ccc(F)cc1. The molecular formula is C24H33FO4. The van der Waals surface area contributed by atoms with Gasteiger partial charge in [-0.1, -0.05) is 12.8 Å². The maximum atomic E-state index is 13.0. The fourth-order valence-corrected chi connectivity index (χ4v) is 5.38. The zero-order valence-corrected chi connectivity index (χ0v) is 17.2. The van der Waals surface area contributed by atoms with Crippen LogP contribution in [0.15, 0.2) is 24.3 Å². The molecule has 0 bridgehead atoms. The Hall–Kier alpha value is -1.46. The standard InChI is InChI=1S/C24H33FO4/c25-21-10-6-20(7-11-21)24(26)29-22-12-8-19(9-13-22)18-4-1-17(2-5-18)3-14-23-27-15-16-28-23/h6-7,10-11,17-19,22-23H,1-5,8-9,12-16H2/t17-,18-,19?,22?. The first kappa shape index (κ1) is 20.8. The molecule has 0 amide bonds. The van der Waals surface area contributed by atoms with E-state index in [0.717, 1.165) is 63.1 Å². The molecule has 3 fully saturated rings. The van der Waals surface area contributed by atoms with Crippen molar-refractivity contribution in [3.05, 3.63) is 35.6 Å². The van der Waals surface area contributed by atoms with Crippen LogP contribution in [0, 0.1) is 23.6 Å². The molecule has 0 atom stereocenters. The molecule has 1 aromatic carbocycles. The number of esters is 1. The van der Waals surface area contributed by atoms with E-state index in [0.29, 0.717) is 5.56 Å². The van der Waals surface area contributed by atoms with Crippen molar-refractivity contribution >= 4 is 5.97 Å². The summed E-state index contributed by atoms with van der Waals surface area (Å²) < 4.78 is 29.8. The summed E-state index contributed by atoms with van der Waals surface area (Å²) >= 11 is 0. The highest BCUT2D eigenvalue weighted by molar-refractivity contribution is 5.89. The van der Waals surface area contributed by atoms with Crippen LogP contribution < -0.4 is 0 Å². The summed E-state index contributed by atoms with van der Waals surface area (Å²) in [4.78, 5) is 12.2. The van der Waals surface area contributed by atoms with Gasteiger partial charge in [-0.05, 0) is 93.4 Å². The van der Waals surface area contributed by atoms with E-state index < -0.39 is 0 Å². The predicted octanol–water partition coefficient (Wildman–Crippen LogP) is 5.50. The topological polar surface area (TPSA) is 44.8 Å². The molecule has 0 radical (unpaired) electrons. The van der Waals surface area contributed by atoms with Crippen LogP contribution in [0.3, 0.4) is 0 Å². The summed E-state index contributed by atoms with van der Waals surface area (Å²) in [5, 5.41) is 0. The minimum absolute atomic E-state index is 0.00607. The Labute approximate surface area is 173 Å². The van der Waals surface area contributed by atoms with Crippen LogP contribution in [0.1, 0.15) is 74.6 Å². The highest BCUT2D eigenvalue weighted by Gasteiger charge is 2.32. The molecule has 160 valence electrons. The minimum Gasteiger partial charge on any atom is -0.459 e. The van der Waals surface area contributed by atoms with Crippen molar-refractivity contribution in [2.75, 3.05) is 13.2 Å². The van der Waals surface area contributed by atoms with Crippen LogP contribution in [0.2, 0.25) is 0 Å². The Balaban J connectivity index is 1.14. The number of carbonyl (C=O) groups is 1. The molecule has 3 aliphatic rings. The Morgan fingerprint density at radius 2 is 1.45 bits per heavy atom. The quantitative estimate of drug-likeness (QED) is 0.587. The van der Waals surface area contributed by atoms with Gasteiger partial charge < -0.3 is 14.2 Å². The molecule has 4 nitrogen and oxygen atoms in total. The van der Waals surface area contributed by atoms with E-state index in [9.17, 15) is 9.18 Å². The maximum Gasteiger partial charge on any atom is 0.338 e. The van der Waals surface area contributed by atoms with Gasteiger partial charge in [0.1, 0.15) is 11.9 Å². The van der Waals surface area contributed by atoms with Gasteiger partial charge in [0.15, 0.2) is 6.29 Å². The zero-order valence-electron chi connectivity index (χ0n) is 17.2. The van der Waals surface area contributed by atoms with Crippen LogP contribution in [-0.2, 0) is 14.2 Å². The van der Waals surface area contributed by atoms with Gasteiger partial charge in [0, 0.05) is 0 Å². The number of hydrogen-bond acceptors (Lipinski definition) is 4. The van der Waals surface area contributed by atoms with Gasteiger partial charge in [0.25, 0.3) is 0 Å². The first-order chi connectivity index (χ1) is 14.2. The molecule has 0 unspecified atom stereocenters. The maximum absolute atomic E-state index is 13.0. The van der Waals surface area contributed by atoms with Crippen molar-refractivity contribution in [2.24, 2.45) is 17.8 Å². The summed E-state index contributed by atoms with van der Waals surface area (Å²) in [6.07, 6.45) is 11.9. The predicted molar refractivity (Wildman–Crippen MR) is 108 cm³/mol. The van der Waals surface area contributed by atoms with Gasteiger partial charge >= 0.3 is 5.97 Å². The van der Waals surface area contributed by atoms with Gasteiger partial charge in [0.05, 0.1) is 18.8 Å². The van der Waals surface area contributed by atoms with Crippen molar-refractivity contribution in [3.63, 3.8) is 0 Å². The number of carbonyl (C=O) groups excluding carboxylic acids is 1. The second kappa shape index (κ2) is 10.0. The summed E-state index contributed by atoms with van der Waals surface area (Å²) in [7, 11) is 0. The number of rotatable bonds is 6. The van der Waals surface area contributed by atoms with E-state index in [1.54, 1.807) is 0 Å². The monoisotopic (exact) mass is 404 g/mol. The molecule has 1 aliphatic heterocycles. The second-order valence-corrected chi connectivity index (χ2v) is 8.98. The van der Waals surface area contributed by atoms with Crippen molar-refractivity contribution in [3.8, 4) is 0 Å². The third-order valence-corrected chi connectivity index (χ3v) is 7.13. The van der Waals surface area contributed by atoms with Crippen molar-refractivity contribution in [1.29, 1.82) is 0 Å². The lowest BCUT2D eigenvalue weighted by Gasteiger charge is -2.37. The minimum atomic E-state index is -0.336. The summed E-state index contributed by atoms with van der Waals surface area (Å²) in [6, 6.07) is 5.59. The molecule has 2 saturated carbocycles. The Morgan fingerprint density at radius 1 is 0.862 bits per heavy atom. The lowest BCUT2D eigenvalue weighted by Crippen LogP contribution is -2.30. The van der Waals surface area contributed by atoms with E-state index in [1.807, 2.05) is 0 Å². The lowest BCUT2D eigenvalue weighted by atomic mass is 9.70. The van der Waals surface area contributed by atoms with Crippen LogP contribution in [0.25, 0.3) is 0 Å². The van der Waals surface area contributed by atoms with E-state index in [1.165, 1.54) is 56.4 Å². The average molecular weight is 405 g/mol. The molecule has 1 saturated heterocycles. The van der Waals surface area contributed by atoms with Gasteiger partial charge in [-0.3, -0.25) is 0 Å². The van der Waals surface area contributed by atoms with Crippen LogP contribution >= 0.6 is 0 Å². The smallest absolute Gasteiger partial charge is 0.338 e. The third kappa shape index (κ3) is 5.79. The summed E-state index contributed by atoms with van der Waals surface area (Å²) in [5.74, 6) is 1.77. The lowest BCUT2D eigenvalue weighted by molar-refractivity contribution is -0.0515. The molecule has 29 heavy (non-hydrogen) atoms. The normalized spacial score (nSPS) is 30.9. The molecule has 5 heteroatoms. The van der Waals surface area contributed by atoms with Crippen molar-refractivity contribution < 1.29 is 23.4 Å². The van der Waals surface area contributed by atoms with E-state index in [4.69, 9.17) is 14.2 Å². The molecular weight excluding hydrogens is 371 g/mol. The first-order valence-corrected chi connectivity index (χ1v) is 11.4. The van der Waals surface area contributed by atoms with Crippen molar-refractivity contribution in [1.82, 2.24) is 0 Å². The molecule has 4 rings (SSSR count). The van der Waals surface area contributed by atoms with Gasteiger partial charge in [-0.2, -0.15) is 0 Å². The van der Waals surface area contributed by atoms with Crippen LogP contribution in [0.4, 0.5) is 4.39 Å². The summed E-state index contributed by atoms with van der Waals surface area (Å²) in [6.45, 7) is 1.50. The Morgan fingerprint density at radius 3 is 2.07 bits per heavy atom. The fourth-order valence-electron chi connectivity index (χ4n) is 5.38. The van der Waals surface area contributed by atoms with E-state index >= 15 is 0 Å². The van der Waals surface area contributed by atoms with Gasteiger partial charge in [0.2, 0.25) is 0 Å². The van der Waals surface area contributed by atoms with Crippen molar-refractivity contribution in [2.45, 2.75) is 76.6 Å². The number of hydrogen-bond donors (Lipinski definition) is 0. The number of halogens is 1. The Bertz CT molecular complexity index is 639. The largest absolute Gasteiger partial charge is 0.459 e. The van der Waals surface area contributed by atoms with E-state index in [2.05, 4.69) is 0 Å². The molecule has 2 aliphatic carbocycles. The molecule has 0 aromatic heterocycles. The molecule has 0 spiro atoms. The summed E-state index contributed by atoms with van der Waals surface area (Å²) in [5.41, 5.74) is 0.431. The molecule has 1 heterocycles. The zero-order chi connectivity index (χ0) is 20.1. The van der Waals surface area contributed by atoms with Gasteiger partial charge in [-0.25, -0.2) is 9.18 Å². The molecule has 1 aromatic rings. The number of benzene rings is 1. The van der Waals surface area contributed by atoms with Gasteiger partial charge in [-0.15, -0.1) is 0 Å². The highest BCUT2D eigenvalue weighted by atomic mass is 19.1.